The Morgan fingerprint density at radius 3 is 2.60 bits per heavy atom. The third-order valence-corrected chi connectivity index (χ3v) is 3.42. The minimum atomic E-state index is -5.85. The summed E-state index contributed by atoms with van der Waals surface area (Å²) in [6.07, 6.45) is 0. The molecule has 0 radical (unpaired) electrons. The van der Waals surface area contributed by atoms with Gasteiger partial charge in [0.25, 0.3) is 5.56 Å². The van der Waals surface area contributed by atoms with Crippen molar-refractivity contribution < 1.29 is 25.8 Å². The van der Waals surface area contributed by atoms with E-state index in [4.69, 9.17) is 0 Å². The first kappa shape index (κ1) is 14.6. The van der Waals surface area contributed by atoms with Gasteiger partial charge in [-0.1, -0.05) is 0 Å². The molecule has 1 aromatic rings. The van der Waals surface area contributed by atoms with Crippen LogP contribution in [-0.4, -0.2) is 29.0 Å². The highest BCUT2D eigenvalue weighted by Crippen LogP contribution is 2.28. The Kier molecular flexibility index (Phi) is 3.00. The van der Waals surface area contributed by atoms with Gasteiger partial charge in [0.1, 0.15) is 0 Å². The van der Waals surface area contributed by atoms with Crippen LogP contribution in [0.4, 0.5) is 19.1 Å². The first-order chi connectivity index (χ1) is 8.91. The van der Waals surface area contributed by atoms with Crippen LogP contribution >= 0.6 is 0 Å². The highest BCUT2D eigenvalue weighted by Gasteiger charge is 2.49. The van der Waals surface area contributed by atoms with E-state index in [0.29, 0.717) is 6.07 Å². The van der Waals surface area contributed by atoms with E-state index in [-0.39, 0.29) is 12.5 Å². The first-order valence-corrected chi connectivity index (χ1v) is 6.73. The van der Waals surface area contributed by atoms with Crippen molar-refractivity contribution in [3.63, 3.8) is 0 Å². The van der Waals surface area contributed by atoms with Gasteiger partial charge in [0.05, 0.1) is 18.2 Å². The predicted octanol–water partition coefficient (Wildman–Crippen LogP) is 0.676. The Bertz CT molecular complexity index is 708. The second-order valence-electron chi connectivity index (χ2n) is 4.83. The maximum absolute atomic E-state index is 12.2. The Hall–Kier alpha value is -1.78. The van der Waals surface area contributed by atoms with Crippen molar-refractivity contribution in [2.24, 2.45) is 0 Å². The molecule has 0 fully saturated rings. The Balaban J connectivity index is 2.40. The normalized spacial score (nSPS) is 17.4. The molecule has 0 aliphatic carbocycles. The van der Waals surface area contributed by atoms with Crippen molar-refractivity contribution in [3.8, 4) is 5.88 Å². The number of rotatable bonds is 2. The summed E-state index contributed by atoms with van der Waals surface area (Å²) < 4.78 is 63.2. The van der Waals surface area contributed by atoms with Crippen LogP contribution in [0.15, 0.2) is 10.9 Å². The summed E-state index contributed by atoms with van der Waals surface area (Å²) in [4.78, 5) is 15.2. The number of nitrogens with zero attached hydrogens (tertiary/aromatic N) is 2. The summed E-state index contributed by atoms with van der Waals surface area (Å²) in [7, 11) is -5.85. The molecule has 0 aromatic carbocycles. The minimum Gasteiger partial charge on any atom is -0.355 e. The molecule has 2 rings (SSSR count). The lowest BCUT2D eigenvalue weighted by Gasteiger charge is -2.15. The van der Waals surface area contributed by atoms with Gasteiger partial charge in [0.15, 0.2) is 0 Å². The number of fused-ring (bicyclic) bond motifs is 1. The molecule has 112 valence electrons. The largest absolute Gasteiger partial charge is 0.534 e. The molecular weight excluding hydrogens is 303 g/mol. The average molecular weight is 313 g/mol. The number of anilines is 1. The molecule has 0 unspecified atom stereocenters. The quantitative estimate of drug-likeness (QED) is 0.638. The molecule has 1 aromatic heterocycles. The Labute approximate surface area is 111 Å². The maximum Gasteiger partial charge on any atom is 0.534 e. The molecule has 1 aliphatic rings. The van der Waals surface area contributed by atoms with Crippen molar-refractivity contribution in [3.05, 3.63) is 16.4 Å². The third kappa shape index (κ3) is 2.57. The molecule has 1 N–H and O–H groups in total. The number of halogens is 3. The lowest BCUT2D eigenvalue weighted by Crippen LogP contribution is -2.30. The molecule has 11 heteroatoms. The Morgan fingerprint density at radius 1 is 1.45 bits per heavy atom. The second kappa shape index (κ2) is 4.11. The van der Waals surface area contributed by atoms with E-state index >= 15 is 0 Å². The smallest absolute Gasteiger partial charge is 0.355 e. The van der Waals surface area contributed by atoms with E-state index < -0.39 is 32.6 Å². The van der Waals surface area contributed by atoms with Crippen LogP contribution in [0.5, 0.6) is 5.88 Å². The van der Waals surface area contributed by atoms with Crippen LogP contribution in [0.2, 0.25) is 0 Å². The topological polar surface area (TPSA) is 90.3 Å². The number of hydrogen-bond acceptors (Lipinski definition) is 6. The molecule has 0 saturated carbocycles. The minimum absolute atomic E-state index is 0.0464. The third-order valence-electron chi connectivity index (χ3n) is 2.47. The van der Waals surface area contributed by atoms with E-state index in [1.807, 2.05) is 0 Å². The first-order valence-electron chi connectivity index (χ1n) is 5.32. The van der Waals surface area contributed by atoms with Gasteiger partial charge < -0.3 is 9.50 Å². The fourth-order valence-corrected chi connectivity index (χ4v) is 2.08. The van der Waals surface area contributed by atoms with Gasteiger partial charge in [-0.15, -0.1) is 0 Å². The highest BCUT2D eigenvalue weighted by atomic mass is 32.2. The van der Waals surface area contributed by atoms with Crippen molar-refractivity contribution in [2.45, 2.75) is 31.4 Å². The molecule has 0 bridgehead atoms. The van der Waals surface area contributed by atoms with Gasteiger partial charge in [-0.3, -0.25) is 9.36 Å². The summed E-state index contributed by atoms with van der Waals surface area (Å²) in [6, 6.07) is 0.593. The van der Waals surface area contributed by atoms with Crippen LogP contribution in [0.25, 0.3) is 0 Å². The van der Waals surface area contributed by atoms with Gasteiger partial charge >= 0.3 is 15.6 Å². The van der Waals surface area contributed by atoms with Crippen LogP contribution in [-0.2, 0) is 16.7 Å². The number of alkyl halides is 3. The van der Waals surface area contributed by atoms with E-state index in [1.54, 1.807) is 13.8 Å². The SMILES string of the molecule is CC1(C)Cn2c(nc(OS(=O)(=O)C(F)(F)F)cc2=O)N1. The summed E-state index contributed by atoms with van der Waals surface area (Å²) in [5.41, 5.74) is -6.82. The molecule has 0 spiro atoms. The number of aromatic nitrogens is 2. The van der Waals surface area contributed by atoms with Crippen LogP contribution in [0.1, 0.15) is 13.8 Å². The summed E-state index contributed by atoms with van der Waals surface area (Å²) in [6.45, 7) is 3.74. The predicted molar refractivity (Wildman–Crippen MR) is 61.8 cm³/mol. The standard InChI is InChI=1S/C9H10F3N3O4S/c1-8(2)4-15-6(16)3-5(13-7(15)14-8)19-20(17,18)9(10,11)12/h3H,4H2,1-2H3,(H,13,14). The van der Waals surface area contributed by atoms with Crippen LogP contribution in [0.3, 0.4) is 0 Å². The van der Waals surface area contributed by atoms with E-state index in [1.165, 1.54) is 4.57 Å². The van der Waals surface area contributed by atoms with Gasteiger partial charge in [0.2, 0.25) is 11.8 Å². The fraction of sp³-hybridized carbons (Fsp3) is 0.556. The van der Waals surface area contributed by atoms with Crippen molar-refractivity contribution in [1.29, 1.82) is 0 Å². The molecular formula is C9H10F3N3O4S. The van der Waals surface area contributed by atoms with Gasteiger partial charge in [-0.05, 0) is 13.8 Å². The summed E-state index contributed by atoms with van der Waals surface area (Å²) >= 11 is 0. The van der Waals surface area contributed by atoms with E-state index in [0.717, 1.165) is 0 Å². The molecule has 0 amide bonds. The molecule has 7 nitrogen and oxygen atoms in total. The molecule has 0 atom stereocenters. The van der Waals surface area contributed by atoms with Crippen LogP contribution in [0, 0.1) is 0 Å². The van der Waals surface area contributed by atoms with E-state index in [9.17, 15) is 26.4 Å². The number of nitrogens with one attached hydrogen (secondary N) is 1. The molecule has 0 saturated heterocycles. The molecule has 1 aliphatic heterocycles. The van der Waals surface area contributed by atoms with Crippen molar-refractivity contribution in [1.82, 2.24) is 9.55 Å². The zero-order valence-corrected chi connectivity index (χ0v) is 11.2. The highest BCUT2D eigenvalue weighted by molar-refractivity contribution is 7.87. The zero-order chi connectivity index (χ0) is 15.3. The zero-order valence-electron chi connectivity index (χ0n) is 10.4. The number of hydrogen-bond donors (Lipinski definition) is 1. The Morgan fingerprint density at radius 2 is 2.05 bits per heavy atom. The second-order valence-corrected chi connectivity index (χ2v) is 6.37. The van der Waals surface area contributed by atoms with E-state index in [2.05, 4.69) is 14.5 Å². The average Bonchev–Trinajstić information content (AvgIpc) is 2.50. The maximum atomic E-state index is 12.2. The van der Waals surface area contributed by atoms with Gasteiger partial charge in [-0.25, -0.2) is 0 Å². The lowest BCUT2D eigenvalue weighted by atomic mass is 10.1. The summed E-state index contributed by atoms with van der Waals surface area (Å²) in [5.74, 6) is -0.973. The fourth-order valence-electron chi connectivity index (χ4n) is 1.67. The lowest BCUT2D eigenvalue weighted by molar-refractivity contribution is -0.0501. The van der Waals surface area contributed by atoms with Gasteiger partial charge in [0, 0.05) is 0 Å². The molecule has 2 heterocycles. The van der Waals surface area contributed by atoms with Crippen LogP contribution < -0.4 is 15.1 Å². The molecule has 20 heavy (non-hydrogen) atoms. The van der Waals surface area contributed by atoms with Gasteiger partial charge in [-0.2, -0.15) is 26.6 Å². The van der Waals surface area contributed by atoms with Crippen molar-refractivity contribution in [2.75, 3.05) is 5.32 Å². The summed E-state index contributed by atoms with van der Waals surface area (Å²) in [5, 5.41) is 2.78. The van der Waals surface area contributed by atoms with Crippen molar-refractivity contribution >= 4 is 16.1 Å². The monoisotopic (exact) mass is 313 g/mol.